The van der Waals surface area contributed by atoms with Crippen LogP contribution in [0.25, 0.3) is 16.6 Å². The van der Waals surface area contributed by atoms with Crippen LogP contribution in [0.2, 0.25) is 0 Å². The molecule has 0 saturated heterocycles. The number of nitrogens with zero attached hydrogens (tertiary/aromatic N) is 3. The van der Waals surface area contributed by atoms with Crippen LogP contribution < -0.4 is 0 Å². The number of aromatic nitrogens is 3. The summed E-state index contributed by atoms with van der Waals surface area (Å²) in [5, 5.41) is 14.6. The van der Waals surface area contributed by atoms with E-state index in [1.807, 2.05) is 0 Å². The van der Waals surface area contributed by atoms with Crippen molar-refractivity contribution >= 4 is 22.7 Å². The molecule has 1 N–H and O–H groups in total. The average molecular weight is 483 g/mol. The summed E-state index contributed by atoms with van der Waals surface area (Å²) in [6.45, 7) is 0. The Labute approximate surface area is 187 Å². The first kappa shape index (κ1) is 23.1. The molecule has 0 aliphatic heterocycles. The van der Waals surface area contributed by atoms with E-state index in [4.69, 9.17) is 0 Å². The monoisotopic (exact) mass is 483 g/mol. The minimum Gasteiger partial charge on any atom is -0.376 e. The molecular weight excluding hydrogens is 468 g/mol. The zero-order valence-electron chi connectivity index (χ0n) is 16.6. The highest BCUT2D eigenvalue weighted by molar-refractivity contribution is 7.99. The fraction of sp³-hybridized carbons (Fsp3) is 0.182. The Morgan fingerprint density at radius 3 is 2.30 bits per heavy atom. The molecule has 2 aromatic heterocycles. The van der Waals surface area contributed by atoms with Crippen molar-refractivity contribution in [3.05, 3.63) is 84.2 Å². The highest BCUT2D eigenvalue weighted by Crippen LogP contribution is 2.45. The van der Waals surface area contributed by atoms with Crippen LogP contribution in [0, 0.1) is 0 Å². The molecular formula is C22H15F6N3OS. The summed E-state index contributed by atoms with van der Waals surface area (Å²) in [6.07, 6.45) is -7.54. The van der Waals surface area contributed by atoms with E-state index in [-0.39, 0.29) is 11.8 Å². The van der Waals surface area contributed by atoms with Gasteiger partial charge in [-0.3, -0.25) is 0 Å². The lowest BCUT2D eigenvalue weighted by molar-refractivity contribution is -0.256. The number of alkyl halides is 6. The first-order chi connectivity index (χ1) is 15.5. The average Bonchev–Trinajstić information content (AvgIpc) is 3.20. The molecule has 11 heteroatoms. The van der Waals surface area contributed by atoms with E-state index in [1.165, 1.54) is 16.9 Å². The molecule has 1 atom stereocenters. The van der Waals surface area contributed by atoms with E-state index < -0.39 is 39.9 Å². The van der Waals surface area contributed by atoms with Crippen LogP contribution in [0.4, 0.5) is 26.3 Å². The predicted molar refractivity (Wildman–Crippen MR) is 111 cm³/mol. The smallest absolute Gasteiger partial charge is 0.376 e. The largest absolute Gasteiger partial charge is 0.422 e. The minimum atomic E-state index is -5.16. The molecule has 4 rings (SSSR count). The predicted octanol–water partition coefficient (Wildman–Crippen LogP) is 5.98. The van der Waals surface area contributed by atoms with Gasteiger partial charge in [0.15, 0.2) is 5.60 Å². The Hall–Kier alpha value is -3.05. The van der Waals surface area contributed by atoms with Crippen molar-refractivity contribution in [2.75, 3.05) is 5.75 Å². The molecule has 2 aromatic carbocycles. The topological polar surface area (TPSA) is 50.9 Å². The van der Waals surface area contributed by atoms with Crippen molar-refractivity contribution in [3.8, 4) is 5.69 Å². The number of para-hydroxylation sites is 1. The van der Waals surface area contributed by atoms with Crippen LogP contribution in [0.1, 0.15) is 11.1 Å². The maximum atomic E-state index is 14.0. The van der Waals surface area contributed by atoms with Crippen LogP contribution in [-0.4, -0.2) is 31.8 Å². The molecule has 2 heterocycles. The number of pyridine rings is 1. The van der Waals surface area contributed by atoms with Gasteiger partial charge in [0.05, 0.1) is 23.0 Å². The van der Waals surface area contributed by atoms with Gasteiger partial charge in [0.1, 0.15) is 5.03 Å². The van der Waals surface area contributed by atoms with Gasteiger partial charge in [-0.05, 0) is 42.0 Å². The van der Waals surface area contributed by atoms with E-state index in [2.05, 4.69) is 10.1 Å². The van der Waals surface area contributed by atoms with Crippen LogP contribution >= 0.6 is 11.8 Å². The number of aliphatic hydroxyl groups is 1. The van der Waals surface area contributed by atoms with Crippen molar-refractivity contribution in [2.24, 2.45) is 0 Å². The minimum absolute atomic E-state index is 0.188. The first-order valence-electron chi connectivity index (χ1n) is 9.48. The molecule has 0 radical (unpaired) electrons. The second-order valence-corrected chi connectivity index (χ2v) is 8.13. The van der Waals surface area contributed by atoms with Gasteiger partial charge in [0.2, 0.25) is 0 Å². The Balaban J connectivity index is 1.71. The van der Waals surface area contributed by atoms with Crippen LogP contribution in [-0.2, 0) is 11.8 Å². The summed E-state index contributed by atoms with van der Waals surface area (Å²) < 4.78 is 83.0. The third-order valence-electron chi connectivity index (χ3n) is 5.01. The van der Waals surface area contributed by atoms with Crippen molar-refractivity contribution in [1.82, 2.24) is 14.8 Å². The number of hydrogen-bond acceptors (Lipinski definition) is 4. The lowest BCUT2D eigenvalue weighted by atomic mass is 9.94. The zero-order chi connectivity index (χ0) is 23.9. The molecule has 172 valence electrons. The lowest BCUT2D eigenvalue weighted by Crippen LogP contribution is -2.44. The van der Waals surface area contributed by atoms with Gasteiger partial charge >= 0.3 is 12.4 Å². The lowest BCUT2D eigenvalue weighted by Gasteiger charge is -2.31. The van der Waals surface area contributed by atoms with Gasteiger partial charge in [0, 0.05) is 17.3 Å². The molecule has 4 nitrogen and oxygen atoms in total. The van der Waals surface area contributed by atoms with Gasteiger partial charge in [0.25, 0.3) is 0 Å². The number of benzene rings is 2. The molecule has 0 amide bonds. The second-order valence-electron chi connectivity index (χ2n) is 7.17. The van der Waals surface area contributed by atoms with Gasteiger partial charge < -0.3 is 5.11 Å². The number of hydrogen-bond donors (Lipinski definition) is 1. The number of thioether (sulfide) groups is 1. The van der Waals surface area contributed by atoms with E-state index in [9.17, 15) is 31.4 Å². The van der Waals surface area contributed by atoms with Crippen molar-refractivity contribution < 1.29 is 31.4 Å². The molecule has 0 saturated carbocycles. The van der Waals surface area contributed by atoms with Gasteiger partial charge in [-0.25, -0.2) is 9.67 Å². The van der Waals surface area contributed by atoms with Crippen molar-refractivity contribution in [3.63, 3.8) is 0 Å². The number of fused-ring (bicyclic) bond motifs is 1. The summed E-state index contributed by atoms with van der Waals surface area (Å²) in [5.74, 6) is -1.12. The van der Waals surface area contributed by atoms with E-state index >= 15 is 0 Å². The van der Waals surface area contributed by atoms with Crippen LogP contribution in [0.15, 0.2) is 78.1 Å². The third-order valence-corrected chi connectivity index (χ3v) is 6.17. The summed E-state index contributed by atoms with van der Waals surface area (Å²) in [7, 11) is 0. The van der Waals surface area contributed by atoms with Gasteiger partial charge in [-0.1, -0.05) is 24.3 Å². The van der Waals surface area contributed by atoms with E-state index in [0.717, 1.165) is 30.5 Å². The number of halogens is 6. The summed E-state index contributed by atoms with van der Waals surface area (Å²) in [4.78, 5) is 3.56. The quantitative estimate of drug-likeness (QED) is 0.280. The Morgan fingerprint density at radius 1 is 0.909 bits per heavy atom. The standard InChI is InChI=1S/C22H15F6N3OS/c23-21(24,25)17-7-4-10-29-19(17)33-13-20(32,22(26,27)28)15-8-9-18-14(11-15)12-30-31(18)16-5-2-1-3-6-16/h1-12,32H,13H2. The fourth-order valence-electron chi connectivity index (χ4n) is 3.29. The highest BCUT2D eigenvalue weighted by Gasteiger charge is 2.55. The fourth-order valence-corrected chi connectivity index (χ4v) is 4.44. The van der Waals surface area contributed by atoms with E-state index in [0.29, 0.717) is 16.6 Å². The maximum absolute atomic E-state index is 14.0. The summed E-state index contributed by atoms with van der Waals surface area (Å²) in [6, 6.07) is 14.3. The van der Waals surface area contributed by atoms with Gasteiger partial charge in [-0.2, -0.15) is 31.4 Å². The Kier molecular flexibility index (Phi) is 5.87. The molecule has 0 aliphatic rings. The summed E-state index contributed by atoms with van der Waals surface area (Å²) >= 11 is 0.188. The summed E-state index contributed by atoms with van der Waals surface area (Å²) in [5.41, 5.74) is -3.89. The van der Waals surface area contributed by atoms with Gasteiger partial charge in [-0.15, -0.1) is 11.8 Å². The zero-order valence-corrected chi connectivity index (χ0v) is 17.4. The van der Waals surface area contributed by atoms with Crippen LogP contribution in [0.5, 0.6) is 0 Å². The first-order valence-corrected chi connectivity index (χ1v) is 10.5. The molecule has 0 spiro atoms. The molecule has 4 aromatic rings. The Bertz CT molecular complexity index is 1270. The van der Waals surface area contributed by atoms with E-state index in [1.54, 1.807) is 30.3 Å². The van der Waals surface area contributed by atoms with Crippen LogP contribution in [0.3, 0.4) is 0 Å². The normalized spacial score (nSPS) is 14.4. The molecule has 0 aliphatic carbocycles. The maximum Gasteiger partial charge on any atom is 0.422 e. The third kappa shape index (κ3) is 4.42. The Morgan fingerprint density at radius 2 is 1.64 bits per heavy atom. The highest BCUT2D eigenvalue weighted by atomic mass is 32.2. The molecule has 0 fully saturated rings. The second kappa shape index (κ2) is 8.38. The van der Waals surface area contributed by atoms with Crippen molar-refractivity contribution in [1.29, 1.82) is 0 Å². The van der Waals surface area contributed by atoms with Crippen molar-refractivity contribution in [2.45, 2.75) is 23.0 Å². The number of rotatable bonds is 5. The molecule has 33 heavy (non-hydrogen) atoms. The molecule has 0 bridgehead atoms. The molecule has 1 unspecified atom stereocenters. The SMILES string of the molecule is OC(CSc1ncccc1C(F)(F)F)(c1ccc2c(cnn2-c2ccccc2)c1)C(F)(F)F.